The van der Waals surface area contributed by atoms with E-state index >= 15 is 0 Å². The Morgan fingerprint density at radius 1 is 1.25 bits per heavy atom. The fourth-order valence-corrected chi connectivity index (χ4v) is 1.39. The van der Waals surface area contributed by atoms with Gasteiger partial charge in [-0.1, -0.05) is 16.9 Å². The van der Waals surface area contributed by atoms with Crippen LogP contribution < -0.4 is 15.1 Å². The van der Waals surface area contributed by atoms with Crippen LogP contribution in [0.1, 0.15) is 0 Å². The van der Waals surface area contributed by atoms with Crippen LogP contribution in [0, 0.1) is 0 Å². The molecule has 0 saturated carbocycles. The molecule has 16 heavy (non-hydrogen) atoms. The Bertz CT molecular complexity index is 553. The monoisotopic (exact) mass is 242 g/mol. The summed E-state index contributed by atoms with van der Waals surface area (Å²) in [5, 5.41) is 0.500. The van der Waals surface area contributed by atoms with Gasteiger partial charge < -0.3 is 9.57 Å². The van der Waals surface area contributed by atoms with E-state index in [1.54, 1.807) is 18.2 Å². The highest BCUT2D eigenvalue weighted by Gasteiger charge is 2.10. The first-order valence-electron chi connectivity index (χ1n) is 4.38. The maximum atomic E-state index is 11.9. The Labute approximate surface area is 98.0 Å². The number of ether oxygens (including phenoxy) is 1. The summed E-state index contributed by atoms with van der Waals surface area (Å²) in [5.41, 5.74) is 0.313. The van der Waals surface area contributed by atoms with Gasteiger partial charge in [-0.3, -0.25) is 4.79 Å². The second-order valence-corrected chi connectivity index (χ2v) is 2.90. The molecule has 86 valence electrons. The third-order valence-electron chi connectivity index (χ3n) is 2.07. The maximum absolute atomic E-state index is 11.9. The molecule has 0 N–H and O–H groups in total. The van der Waals surface area contributed by atoms with E-state index in [1.807, 2.05) is 6.07 Å². The van der Waals surface area contributed by atoms with Gasteiger partial charge in [-0.05, 0) is 12.1 Å². The Kier molecular flexibility index (Phi) is 3.73. The Balaban J connectivity index is 0.00000128. The first-order valence-corrected chi connectivity index (χ1v) is 4.38. The molecule has 0 unspecified atom stereocenters. The average molecular weight is 243 g/mol. The number of aromatic nitrogens is 2. The number of fused-ring (bicyclic) bond motifs is 1. The lowest BCUT2D eigenvalue weighted by molar-refractivity contribution is 0.124. The number of methoxy groups -OCH3 is 1. The van der Waals surface area contributed by atoms with Gasteiger partial charge in [-0.25, -0.2) is 0 Å². The zero-order valence-electron chi connectivity index (χ0n) is 8.84. The predicted molar refractivity (Wildman–Crippen MR) is 62.3 cm³/mol. The molecule has 1 aromatic carbocycles. The van der Waals surface area contributed by atoms with Gasteiger partial charge >= 0.3 is 6.01 Å². The fourth-order valence-electron chi connectivity index (χ4n) is 1.39. The van der Waals surface area contributed by atoms with E-state index in [0.717, 1.165) is 4.73 Å². The van der Waals surface area contributed by atoms with Gasteiger partial charge in [0.15, 0.2) is 0 Å². The standard InChI is InChI=1S/C10H10N2O3.ClH/c1-14-10-11-8-6-4-3-5-7(8)9(13)12(10)15-2;/h3-6H,1-2H3;1H. The van der Waals surface area contributed by atoms with Crippen LogP contribution in [-0.4, -0.2) is 23.9 Å². The van der Waals surface area contributed by atoms with E-state index in [0.29, 0.717) is 10.9 Å². The van der Waals surface area contributed by atoms with Gasteiger partial charge in [0.1, 0.15) is 7.11 Å². The molecule has 0 aliphatic heterocycles. The molecular formula is C10H11ClN2O3. The van der Waals surface area contributed by atoms with Gasteiger partial charge in [0.2, 0.25) is 0 Å². The van der Waals surface area contributed by atoms with Crippen molar-refractivity contribution in [2.45, 2.75) is 0 Å². The molecule has 0 bridgehead atoms. The first kappa shape index (κ1) is 12.3. The fraction of sp³-hybridized carbons (Fsp3) is 0.200. The second kappa shape index (κ2) is 4.85. The summed E-state index contributed by atoms with van der Waals surface area (Å²) in [4.78, 5) is 20.9. The molecule has 2 aromatic rings. The highest BCUT2D eigenvalue weighted by Crippen LogP contribution is 2.10. The van der Waals surface area contributed by atoms with Crippen LogP contribution >= 0.6 is 12.4 Å². The molecule has 6 heteroatoms. The van der Waals surface area contributed by atoms with Crippen LogP contribution in [-0.2, 0) is 0 Å². The summed E-state index contributed by atoms with van der Waals surface area (Å²) in [5.74, 6) is 0. The van der Waals surface area contributed by atoms with Crippen molar-refractivity contribution in [1.82, 2.24) is 9.71 Å². The summed E-state index contributed by atoms with van der Waals surface area (Å²) in [6, 6.07) is 7.17. The number of benzene rings is 1. The number of hydrogen-bond acceptors (Lipinski definition) is 4. The normalized spacial score (nSPS) is 9.62. The van der Waals surface area contributed by atoms with Crippen LogP contribution in [0.3, 0.4) is 0 Å². The SMILES string of the molecule is COc1nc2ccccc2c(=O)n1OC.Cl. The van der Waals surface area contributed by atoms with Gasteiger partial charge in [0.25, 0.3) is 5.56 Å². The lowest BCUT2D eigenvalue weighted by Gasteiger charge is -2.08. The van der Waals surface area contributed by atoms with E-state index < -0.39 is 0 Å². The summed E-state index contributed by atoms with van der Waals surface area (Å²) < 4.78 is 5.97. The van der Waals surface area contributed by atoms with Crippen LogP contribution in [0.2, 0.25) is 0 Å². The number of hydrogen-bond donors (Lipinski definition) is 0. The van der Waals surface area contributed by atoms with Crippen molar-refractivity contribution >= 4 is 23.3 Å². The number of rotatable bonds is 2. The molecule has 1 heterocycles. The minimum absolute atomic E-state index is 0. The van der Waals surface area contributed by atoms with Crippen LogP contribution in [0.5, 0.6) is 6.01 Å². The minimum atomic E-state index is -0.278. The largest absolute Gasteiger partial charge is 0.466 e. The summed E-state index contributed by atoms with van der Waals surface area (Å²) in [6.07, 6.45) is 0. The molecule has 1 aromatic heterocycles. The van der Waals surface area contributed by atoms with Gasteiger partial charge in [0, 0.05) is 0 Å². The van der Waals surface area contributed by atoms with Crippen molar-refractivity contribution in [1.29, 1.82) is 0 Å². The van der Waals surface area contributed by atoms with Crippen molar-refractivity contribution in [2.75, 3.05) is 14.2 Å². The Morgan fingerprint density at radius 3 is 2.56 bits per heavy atom. The Hall–Kier alpha value is -1.75. The Morgan fingerprint density at radius 2 is 1.94 bits per heavy atom. The molecule has 0 aliphatic carbocycles. The van der Waals surface area contributed by atoms with E-state index in [2.05, 4.69) is 4.98 Å². The lowest BCUT2D eigenvalue weighted by atomic mass is 10.2. The number of halogens is 1. The lowest BCUT2D eigenvalue weighted by Crippen LogP contribution is -2.27. The third-order valence-corrected chi connectivity index (χ3v) is 2.07. The molecular weight excluding hydrogens is 232 g/mol. The molecule has 0 amide bonds. The molecule has 0 saturated heterocycles. The smallest absolute Gasteiger partial charge is 0.334 e. The summed E-state index contributed by atoms with van der Waals surface area (Å²) in [7, 11) is 2.83. The maximum Gasteiger partial charge on any atom is 0.334 e. The van der Waals surface area contributed by atoms with Crippen molar-refractivity contribution in [3.63, 3.8) is 0 Å². The molecule has 5 nitrogen and oxygen atoms in total. The summed E-state index contributed by atoms with van der Waals surface area (Å²) >= 11 is 0. The zero-order chi connectivity index (χ0) is 10.8. The molecule has 0 aliphatic rings. The molecule has 0 atom stereocenters. The van der Waals surface area contributed by atoms with Crippen LogP contribution in [0.15, 0.2) is 29.1 Å². The van der Waals surface area contributed by atoms with E-state index in [1.165, 1.54) is 14.2 Å². The first-order chi connectivity index (χ1) is 7.27. The van der Waals surface area contributed by atoms with Crippen LogP contribution in [0.25, 0.3) is 10.9 Å². The van der Waals surface area contributed by atoms with Crippen molar-refractivity contribution in [2.24, 2.45) is 0 Å². The van der Waals surface area contributed by atoms with Gasteiger partial charge in [-0.2, -0.15) is 4.98 Å². The molecule has 0 fully saturated rings. The number of para-hydroxylation sites is 1. The van der Waals surface area contributed by atoms with Crippen LogP contribution in [0.4, 0.5) is 0 Å². The molecule has 2 rings (SSSR count). The van der Waals surface area contributed by atoms with E-state index in [4.69, 9.17) is 9.57 Å². The predicted octanol–water partition coefficient (Wildman–Crippen LogP) is 0.885. The summed E-state index contributed by atoms with van der Waals surface area (Å²) in [6.45, 7) is 0. The minimum Gasteiger partial charge on any atom is -0.466 e. The van der Waals surface area contributed by atoms with Crippen molar-refractivity contribution in [3.8, 4) is 6.01 Å². The average Bonchev–Trinajstić information content (AvgIpc) is 2.29. The van der Waals surface area contributed by atoms with Crippen molar-refractivity contribution in [3.05, 3.63) is 34.6 Å². The van der Waals surface area contributed by atoms with Crippen molar-refractivity contribution < 1.29 is 9.57 Å². The third kappa shape index (κ3) is 1.81. The quantitative estimate of drug-likeness (QED) is 0.785. The van der Waals surface area contributed by atoms with E-state index in [9.17, 15) is 4.79 Å². The van der Waals surface area contributed by atoms with E-state index in [-0.39, 0.29) is 24.0 Å². The highest BCUT2D eigenvalue weighted by atomic mass is 35.5. The van der Waals surface area contributed by atoms with Gasteiger partial charge in [0.05, 0.1) is 18.0 Å². The molecule has 0 spiro atoms. The number of nitrogens with zero attached hydrogens (tertiary/aromatic N) is 2. The second-order valence-electron chi connectivity index (χ2n) is 2.90. The topological polar surface area (TPSA) is 53.3 Å². The highest BCUT2D eigenvalue weighted by molar-refractivity contribution is 5.85. The zero-order valence-corrected chi connectivity index (χ0v) is 9.65. The molecule has 0 radical (unpaired) electrons. The van der Waals surface area contributed by atoms with Gasteiger partial charge in [-0.15, -0.1) is 12.4 Å².